The highest BCUT2D eigenvalue weighted by molar-refractivity contribution is 6.34. The van der Waals surface area contributed by atoms with Crippen molar-refractivity contribution >= 4 is 51.4 Å². The Bertz CT molecular complexity index is 1330. The predicted octanol–water partition coefficient (Wildman–Crippen LogP) is 3.36. The van der Waals surface area contributed by atoms with Crippen LogP contribution in [0.5, 0.6) is 0 Å². The van der Waals surface area contributed by atoms with Crippen LogP contribution in [0, 0.1) is 0 Å². The van der Waals surface area contributed by atoms with Gasteiger partial charge in [0.1, 0.15) is 5.67 Å². The Labute approximate surface area is 217 Å². The number of aromatic nitrogens is 4. The summed E-state index contributed by atoms with van der Waals surface area (Å²) in [5.74, 6) is 0.400. The minimum absolute atomic E-state index is 0.0597. The number of nitrogens with one attached hydrogen (secondary N) is 1. The van der Waals surface area contributed by atoms with Gasteiger partial charge in [-0.05, 0) is 12.1 Å². The van der Waals surface area contributed by atoms with Crippen molar-refractivity contribution in [3.8, 4) is 0 Å². The lowest BCUT2D eigenvalue weighted by Crippen LogP contribution is -2.70. The highest BCUT2D eigenvalue weighted by Gasteiger charge is 2.71. The zero-order valence-electron chi connectivity index (χ0n) is 19.5. The fourth-order valence-corrected chi connectivity index (χ4v) is 6.84. The fourth-order valence-electron chi connectivity index (χ4n) is 6.22. The number of nitrogens with zero attached hydrogens (tertiary/aromatic N) is 6. The van der Waals surface area contributed by atoms with E-state index in [1.54, 1.807) is 17.1 Å². The predicted molar refractivity (Wildman–Crippen MR) is 135 cm³/mol. The van der Waals surface area contributed by atoms with Gasteiger partial charge in [0.2, 0.25) is 5.95 Å². The molecule has 8 rings (SSSR count). The number of piperazine rings is 1. The number of ether oxygens (including phenoxy) is 1. The molecule has 36 heavy (non-hydrogen) atoms. The van der Waals surface area contributed by atoms with Gasteiger partial charge in [0.15, 0.2) is 5.15 Å². The van der Waals surface area contributed by atoms with Crippen LogP contribution in [-0.2, 0) is 10.3 Å². The largest absolute Gasteiger partial charge is 0.389 e. The van der Waals surface area contributed by atoms with E-state index in [4.69, 9.17) is 32.9 Å². The summed E-state index contributed by atoms with van der Waals surface area (Å²) in [7, 11) is 0. The number of alkyl halides is 1. The third-order valence-electron chi connectivity index (χ3n) is 8.14. The van der Waals surface area contributed by atoms with E-state index in [1.807, 2.05) is 12.1 Å². The van der Waals surface area contributed by atoms with Crippen LogP contribution < -0.4 is 10.2 Å². The van der Waals surface area contributed by atoms with Gasteiger partial charge in [-0.1, -0.05) is 23.2 Å². The molecule has 0 amide bonds. The van der Waals surface area contributed by atoms with Gasteiger partial charge in [-0.15, -0.1) is 0 Å². The molecule has 2 bridgehead atoms. The molecule has 3 saturated carbocycles. The Kier molecular flexibility index (Phi) is 5.17. The monoisotopic (exact) mass is 533 g/mol. The number of hydrogen-bond donors (Lipinski definition) is 2. The highest BCUT2D eigenvalue weighted by Crippen LogP contribution is 2.68. The van der Waals surface area contributed by atoms with Crippen LogP contribution in [0.2, 0.25) is 10.2 Å². The molecular formula is C24H26Cl2FN7O2. The Morgan fingerprint density at radius 1 is 1.08 bits per heavy atom. The smallest absolute Gasteiger partial charge is 0.227 e. The average Bonchev–Trinajstić information content (AvgIpc) is 3.42. The molecule has 190 valence electrons. The zero-order valence-corrected chi connectivity index (χ0v) is 21.0. The van der Waals surface area contributed by atoms with Gasteiger partial charge in [0.05, 0.1) is 59.0 Å². The number of hydrogen-bond acceptors (Lipinski definition) is 8. The quantitative estimate of drug-likeness (QED) is 0.515. The summed E-state index contributed by atoms with van der Waals surface area (Å²) in [4.78, 5) is 13.7. The van der Waals surface area contributed by atoms with Crippen LogP contribution in [0.15, 0.2) is 24.5 Å². The maximum absolute atomic E-state index is 14.0. The van der Waals surface area contributed by atoms with Crippen molar-refractivity contribution in [3.05, 3.63) is 34.7 Å². The summed E-state index contributed by atoms with van der Waals surface area (Å²) in [6.07, 6.45) is 4.36. The molecular weight excluding hydrogens is 508 g/mol. The molecule has 0 spiro atoms. The number of fused-ring (bicyclic) bond motifs is 1. The van der Waals surface area contributed by atoms with E-state index in [0.29, 0.717) is 54.3 Å². The van der Waals surface area contributed by atoms with Gasteiger partial charge in [-0.25, -0.2) is 19.0 Å². The summed E-state index contributed by atoms with van der Waals surface area (Å²) in [5, 5.41) is 19.7. The highest BCUT2D eigenvalue weighted by atomic mass is 35.5. The van der Waals surface area contributed by atoms with Crippen molar-refractivity contribution in [3.63, 3.8) is 0 Å². The van der Waals surface area contributed by atoms with Gasteiger partial charge < -0.3 is 20.1 Å². The summed E-state index contributed by atoms with van der Waals surface area (Å²) in [6.45, 7) is 4.21. The molecule has 2 N–H and O–H groups in total. The van der Waals surface area contributed by atoms with E-state index in [9.17, 15) is 9.50 Å². The lowest BCUT2D eigenvalue weighted by molar-refractivity contribution is -0.203. The molecule has 12 heteroatoms. The molecule has 3 aliphatic carbocycles. The van der Waals surface area contributed by atoms with Crippen molar-refractivity contribution < 1.29 is 14.2 Å². The first-order valence-corrected chi connectivity index (χ1v) is 13.0. The van der Waals surface area contributed by atoms with E-state index in [2.05, 4.69) is 25.2 Å². The van der Waals surface area contributed by atoms with E-state index < -0.39 is 11.8 Å². The molecule has 4 heterocycles. The van der Waals surface area contributed by atoms with E-state index >= 15 is 0 Å². The SMILES string of the molecule is O[C@H]1COC[C@H]1N1CCN(c2cc3nc(Nc4cnn(C56CC(F)(C5)C6)c4Cl)ncc3cc2Cl)CC1. The molecule has 0 radical (unpaired) electrons. The van der Waals surface area contributed by atoms with Gasteiger partial charge >= 0.3 is 0 Å². The second-order valence-corrected chi connectivity index (χ2v) is 11.3. The van der Waals surface area contributed by atoms with Crippen LogP contribution in [0.4, 0.5) is 21.7 Å². The minimum atomic E-state index is -1.03. The number of aliphatic hydroxyl groups is 1. The Hall–Kier alpha value is -2.24. The van der Waals surface area contributed by atoms with Gasteiger partial charge in [-0.2, -0.15) is 5.10 Å². The molecule has 3 aromatic rings. The van der Waals surface area contributed by atoms with Crippen molar-refractivity contribution in [2.75, 3.05) is 49.6 Å². The minimum Gasteiger partial charge on any atom is -0.389 e. The number of aliphatic hydroxyl groups excluding tert-OH is 1. The zero-order chi connectivity index (χ0) is 24.7. The third-order valence-corrected chi connectivity index (χ3v) is 8.80. The lowest BCUT2D eigenvalue weighted by atomic mass is 9.47. The number of halogens is 3. The van der Waals surface area contributed by atoms with E-state index in [-0.39, 0.29) is 11.6 Å². The van der Waals surface area contributed by atoms with Crippen LogP contribution in [0.25, 0.3) is 10.9 Å². The summed E-state index contributed by atoms with van der Waals surface area (Å²) >= 11 is 13.2. The standard InChI is InChI=1S/C24H26Cl2FN7O2/c25-15-5-14-7-28-22(31-17-8-29-34(21(17)26)24-11-23(27,12-24)13-24)30-16(14)6-18(15)32-1-3-33(4-2-32)19-9-36-10-20(19)35/h5-8,19-20,35H,1-4,9-13H2,(H,28,30,31)/t19-,20+,23?,24?/m1/s1. The average molecular weight is 534 g/mol. The van der Waals surface area contributed by atoms with Crippen molar-refractivity contribution in [2.24, 2.45) is 0 Å². The fraction of sp³-hybridized carbons (Fsp3) is 0.542. The number of anilines is 3. The molecule has 2 saturated heterocycles. The molecule has 1 aromatic carbocycles. The van der Waals surface area contributed by atoms with E-state index in [1.165, 1.54) is 0 Å². The van der Waals surface area contributed by atoms with Gasteiger partial charge in [-0.3, -0.25) is 4.90 Å². The first kappa shape index (κ1) is 22.9. The molecule has 2 atom stereocenters. The normalized spacial score (nSPS) is 31.9. The molecule has 0 unspecified atom stereocenters. The Balaban J connectivity index is 1.09. The summed E-state index contributed by atoms with van der Waals surface area (Å²) < 4.78 is 21.1. The summed E-state index contributed by atoms with van der Waals surface area (Å²) in [6, 6.07) is 3.93. The molecule has 9 nitrogen and oxygen atoms in total. The van der Waals surface area contributed by atoms with Crippen molar-refractivity contribution in [1.82, 2.24) is 24.6 Å². The van der Waals surface area contributed by atoms with Crippen molar-refractivity contribution in [1.29, 1.82) is 0 Å². The van der Waals surface area contributed by atoms with Crippen LogP contribution in [-0.4, -0.2) is 87.0 Å². The van der Waals surface area contributed by atoms with Crippen molar-refractivity contribution in [2.45, 2.75) is 42.6 Å². The van der Waals surface area contributed by atoms with E-state index in [0.717, 1.165) is 42.8 Å². The Morgan fingerprint density at radius 3 is 2.56 bits per heavy atom. The maximum atomic E-state index is 14.0. The third kappa shape index (κ3) is 3.57. The van der Waals surface area contributed by atoms with Crippen LogP contribution in [0.1, 0.15) is 19.3 Å². The molecule has 5 aliphatic rings. The molecule has 2 aromatic heterocycles. The second kappa shape index (κ2) is 8.13. The second-order valence-electron chi connectivity index (χ2n) is 10.5. The lowest BCUT2D eigenvalue weighted by Gasteiger charge is -2.65. The molecule has 2 aliphatic heterocycles. The first-order valence-electron chi connectivity index (χ1n) is 12.2. The molecule has 5 fully saturated rings. The van der Waals surface area contributed by atoms with Crippen LogP contribution in [0.3, 0.4) is 0 Å². The summed E-state index contributed by atoms with van der Waals surface area (Å²) in [5.41, 5.74) is 0.969. The number of rotatable bonds is 5. The maximum Gasteiger partial charge on any atom is 0.227 e. The van der Waals surface area contributed by atoms with Gasteiger partial charge in [0.25, 0.3) is 0 Å². The first-order chi connectivity index (χ1) is 17.3. The van der Waals surface area contributed by atoms with Crippen LogP contribution >= 0.6 is 23.2 Å². The Morgan fingerprint density at radius 2 is 1.86 bits per heavy atom. The topological polar surface area (TPSA) is 91.6 Å². The number of benzene rings is 1. The van der Waals surface area contributed by atoms with Gasteiger partial charge in [0, 0.05) is 57.0 Å².